The minimum Gasteiger partial charge on any atom is -0.365 e. The Labute approximate surface area is 109 Å². The summed E-state index contributed by atoms with van der Waals surface area (Å²) in [5.74, 6) is 0.767. The summed E-state index contributed by atoms with van der Waals surface area (Å²) in [5, 5.41) is 3.69. The van der Waals surface area contributed by atoms with Crippen molar-refractivity contribution < 1.29 is 0 Å². The molecule has 1 aliphatic rings. The van der Waals surface area contributed by atoms with Gasteiger partial charge < -0.3 is 5.32 Å². The highest BCUT2D eigenvalue weighted by molar-refractivity contribution is 9.10. The Morgan fingerprint density at radius 3 is 2.38 bits per heavy atom. The van der Waals surface area contributed by atoms with Crippen molar-refractivity contribution in [2.75, 3.05) is 5.32 Å². The fraction of sp³-hybridized carbons (Fsp3) is 0.636. The minimum absolute atomic E-state index is 0.266. The molecule has 0 radical (unpaired) electrons. The van der Waals surface area contributed by atoms with Crippen molar-refractivity contribution >= 4 is 33.3 Å². The summed E-state index contributed by atoms with van der Waals surface area (Å²) < 4.78 is 0.843. The Kier molecular flexibility index (Phi) is 2.70. The number of anilines is 1. The lowest BCUT2D eigenvalue weighted by molar-refractivity contribution is 0.457. The molecule has 1 heterocycles. The fourth-order valence-corrected chi connectivity index (χ4v) is 2.58. The van der Waals surface area contributed by atoms with Crippen LogP contribution in [0.2, 0.25) is 5.28 Å². The summed E-state index contributed by atoms with van der Waals surface area (Å²) in [6.45, 7) is 9.01. The smallest absolute Gasteiger partial charge is 0.224 e. The number of hydrogen-bond acceptors (Lipinski definition) is 3. The molecule has 0 saturated heterocycles. The van der Waals surface area contributed by atoms with Crippen molar-refractivity contribution in [1.82, 2.24) is 9.97 Å². The van der Waals surface area contributed by atoms with Gasteiger partial charge in [-0.05, 0) is 38.4 Å². The number of nitrogens with one attached hydrogen (secondary N) is 1. The fourth-order valence-electron chi connectivity index (χ4n) is 2.14. The van der Waals surface area contributed by atoms with Gasteiger partial charge in [-0.1, -0.05) is 27.7 Å². The Hall–Kier alpha value is -0.350. The Balaban J connectivity index is 2.21. The predicted molar refractivity (Wildman–Crippen MR) is 69.7 cm³/mol. The van der Waals surface area contributed by atoms with Crippen LogP contribution in [-0.2, 0) is 0 Å². The van der Waals surface area contributed by atoms with E-state index in [2.05, 4.69) is 58.9 Å². The maximum atomic E-state index is 5.78. The molecule has 0 aromatic carbocycles. The average Bonchev–Trinajstić information content (AvgIpc) is 2.54. The van der Waals surface area contributed by atoms with Crippen LogP contribution in [0.5, 0.6) is 0 Å². The van der Waals surface area contributed by atoms with Crippen LogP contribution in [0.1, 0.15) is 27.7 Å². The highest BCUT2D eigenvalue weighted by Gasteiger charge is 2.65. The van der Waals surface area contributed by atoms with Crippen molar-refractivity contribution in [3.05, 3.63) is 16.0 Å². The second kappa shape index (κ2) is 3.57. The van der Waals surface area contributed by atoms with Gasteiger partial charge in [0.1, 0.15) is 5.82 Å². The third-order valence-corrected chi connectivity index (χ3v) is 4.78. The first-order valence-corrected chi connectivity index (χ1v) is 6.38. The molecule has 0 unspecified atom stereocenters. The molecular weight excluding hydrogens is 289 g/mol. The van der Waals surface area contributed by atoms with Crippen LogP contribution in [0.15, 0.2) is 10.7 Å². The van der Waals surface area contributed by atoms with Crippen molar-refractivity contribution in [2.45, 2.75) is 33.7 Å². The molecule has 0 amide bonds. The lowest BCUT2D eigenvalue weighted by Gasteiger charge is -2.08. The largest absolute Gasteiger partial charge is 0.365 e. The molecule has 16 heavy (non-hydrogen) atoms. The molecule has 0 aliphatic heterocycles. The van der Waals surface area contributed by atoms with Gasteiger partial charge in [-0.25, -0.2) is 4.98 Å². The van der Waals surface area contributed by atoms with E-state index < -0.39 is 0 Å². The second-order valence-corrected chi connectivity index (χ2v) is 6.55. The summed E-state index contributed by atoms with van der Waals surface area (Å²) in [7, 11) is 0. The summed E-state index contributed by atoms with van der Waals surface area (Å²) in [4.78, 5) is 8.09. The first-order valence-electron chi connectivity index (χ1n) is 5.21. The van der Waals surface area contributed by atoms with Crippen LogP contribution >= 0.6 is 27.5 Å². The third-order valence-electron chi connectivity index (χ3n) is 4.02. The Morgan fingerprint density at radius 2 is 1.88 bits per heavy atom. The normalized spacial score (nSPS) is 21.9. The van der Waals surface area contributed by atoms with E-state index in [1.54, 1.807) is 6.20 Å². The molecule has 1 N–H and O–H groups in total. The van der Waals surface area contributed by atoms with Crippen LogP contribution < -0.4 is 5.32 Å². The monoisotopic (exact) mass is 303 g/mol. The zero-order chi connectivity index (χ0) is 12.1. The van der Waals surface area contributed by atoms with Crippen LogP contribution in [0.3, 0.4) is 0 Å². The molecule has 5 heteroatoms. The van der Waals surface area contributed by atoms with Crippen molar-refractivity contribution in [2.24, 2.45) is 10.8 Å². The zero-order valence-corrected chi connectivity index (χ0v) is 12.1. The SMILES string of the molecule is CC1(C)C(Nc2nc(Cl)ncc2Br)C1(C)C. The first-order chi connectivity index (χ1) is 7.26. The maximum Gasteiger partial charge on any atom is 0.224 e. The van der Waals surface area contributed by atoms with Gasteiger partial charge in [-0.15, -0.1) is 0 Å². The molecule has 88 valence electrons. The standard InChI is InChI=1S/C11H15BrClN3/c1-10(2)8(11(10,3)4)15-7-6(12)5-14-9(13)16-7/h5,8H,1-4H3,(H,14,15,16). The maximum absolute atomic E-state index is 5.78. The van der Waals surface area contributed by atoms with E-state index in [9.17, 15) is 0 Å². The molecule has 0 spiro atoms. The highest BCUT2D eigenvalue weighted by atomic mass is 79.9. The molecule has 2 rings (SSSR count). The molecule has 1 aliphatic carbocycles. The van der Waals surface area contributed by atoms with E-state index in [0.717, 1.165) is 10.3 Å². The van der Waals surface area contributed by atoms with Crippen molar-refractivity contribution in [1.29, 1.82) is 0 Å². The van der Waals surface area contributed by atoms with Gasteiger partial charge in [-0.3, -0.25) is 0 Å². The minimum atomic E-state index is 0.266. The van der Waals surface area contributed by atoms with Crippen molar-refractivity contribution in [3.63, 3.8) is 0 Å². The van der Waals surface area contributed by atoms with Crippen LogP contribution in [0.4, 0.5) is 5.82 Å². The van der Waals surface area contributed by atoms with Crippen molar-refractivity contribution in [3.8, 4) is 0 Å². The first kappa shape index (κ1) is 12.1. The van der Waals surface area contributed by atoms with Gasteiger partial charge in [-0.2, -0.15) is 4.98 Å². The van der Waals surface area contributed by atoms with E-state index in [-0.39, 0.29) is 16.1 Å². The Morgan fingerprint density at radius 1 is 1.31 bits per heavy atom. The Bertz CT molecular complexity index is 417. The number of hydrogen-bond donors (Lipinski definition) is 1. The summed E-state index contributed by atoms with van der Waals surface area (Å²) in [6.07, 6.45) is 1.67. The molecule has 1 aromatic rings. The number of halogens is 2. The average molecular weight is 305 g/mol. The number of aromatic nitrogens is 2. The predicted octanol–water partition coefficient (Wildman–Crippen LogP) is 3.74. The van der Waals surface area contributed by atoms with E-state index in [0.29, 0.717) is 6.04 Å². The zero-order valence-electron chi connectivity index (χ0n) is 9.81. The second-order valence-electron chi connectivity index (χ2n) is 5.36. The van der Waals surface area contributed by atoms with Crippen LogP contribution in [0.25, 0.3) is 0 Å². The quantitative estimate of drug-likeness (QED) is 0.846. The molecule has 1 fully saturated rings. The van der Waals surface area contributed by atoms with Gasteiger partial charge in [0.15, 0.2) is 0 Å². The van der Waals surface area contributed by atoms with Gasteiger partial charge in [0.05, 0.1) is 4.47 Å². The van der Waals surface area contributed by atoms with E-state index in [1.165, 1.54) is 0 Å². The lowest BCUT2D eigenvalue weighted by atomic mass is 10.0. The number of rotatable bonds is 2. The van der Waals surface area contributed by atoms with E-state index >= 15 is 0 Å². The summed E-state index contributed by atoms with van der Waals surface area (Å²) in [5.41, 5.74) is 0.535. The van der Waals surface area contributed by atoms with Gasteiger partial charge in [0, 0.05) is 12.2 Å². The third kappa shape index (κ3) is 1.72. The molecule has 0 bridgehead atoms. The molecule has 1 saturated carbocycles. The van der Waals surface area contributed by atoms with Crippen LogP contribution in [-0.4, -0.2) is 16.0 Å². The number of nitrogens with zero attached hydrogens (tertiary/aromatic N) is 2. The van der Waals surface area contributed by atoms with Crippen LogP contribution in [0, 0.1) is 10.8 Å². The van der Waals surface area contributed by atoms with Gasteiger partial charge in [0.25, 0.3) is 0 Å². The highest BCUT2D eigenvalue weighted by Crippen LogP contribution is 2.63. The van der Waals surface area contributed by atoms with Gasteiger partial charge in [0.2, 0.25) is 5.28 Å². The van der Waals surface area contributed by atoms with E-state index in [4.69, 9.17) is 11.6 Å². The molecule has 3 nitrogen and oxygen atoms in total. The molecule has 0 atom stereocenters. The topological polar surface area (TPSA) is 37.8 Å². The lowest BCUT2D eigenvalue weighted by Crippen LogP contribution is -2.12. The summed E-state index contributed by atoms with van der Waals surface area (Å²) >= 11 is 9.20. The van der Waals surface area contributed by atoms with E-state index in [1.807, 2.05) is 0 Å². The summed E-state index contributed by atoms with van der Waals surface area (Å²) in [6, 6.07) is 0.405. The molecule has 1 aromatic heterocycles. The van der Waals surface area contributed by atoms with Gasteiger partial charge >= 0.3 is 0 Å². The molecular formula is C11H15BrClN3.